The lowest BCUT2D eigenvalue weighted by atomic mass is 9.49. The fraction of sp³-hybridized carbons (Fsp3) is 0.450. The zero-order valence-corrected chi connectivity index (χ0v) is 14.3. The first-order valence-electron chi connectivity index (χ1n) is 9.21. The largest absolute Gasteiger partial charge is 0.330 e. The molecular weight excluding hydrogens is 310 g/mol. The van der Waals surface area contributed by atoms with E-state index in [0.717, 1.165) is 34.8 Å². The predicted molar refractivity (Wildman–Crippen MR) is 97.9 cm³/mol. The minimum atomic E-state index is 0.543. The van der Waals surface area contributed by atoms with E-state index in [-0.39, 0.29) is 0 Å². The monoisotopic (exact) mass is 333 g/mol. The second kappa shape index (κ2) is 5.63. The van der Waals surface area contributed by atoms with Crippen LogP contribution < -0.4 is 5.73 Å². The SMILES string of the molecule is NCCC1CC2(C1)CC(n1cc(-c3cnc4ccccc4n3)cn1)C2. The minimum Gasteiger partial charge on any atom is -0.330 e. The lowest BCUT2D eigenvalue weighted by Gasteiger charge is -2.58. The second-order valence-corrected chi connectivity index (χ2v) is 7.87. The number of para-hydroxylation sites is 2. The molecule has 25 heavy (non-hydrogen) atoms. The van der Waals surface area contributed by atoms with Crippen molar-refractivity contribution in [2.75, 3.05) is 6.54 Å². The molecule has 0 saturated heterocycles. The maximum atomic E-state index is 5.67. The number of hydrogen-bond acceptors (Lipinski definition) is 4. The first-order chi connectivity index (χ1) is 12.2. The number of hydrogen-bond donors (Lipinski definition) is 1. The molecule has 0 bridgehead atoms. The van der Waals surface area contributed by atoms with Gasteiger partial charge in [0.15, 0.2) is 0 Å². The molecule has 1 aromatic carbocycles. The number of nitrogens with zero attached hydrogens (tertiary/aromatic N) is 4. The molecular formula is C20H23N5. The molecule has 128 valence electrons. The van der Waals surface area contributed by atoms with Gasteiger partial charge in [0.05, 0.1) is 35.2 Å². The molecule has 0 radical (unpaired) electrons. The lowest BCUT2D eigenvalue weighted by molar-refractivity contribution is -0.0666. The van der Waals surface area contributed by atoms with Gasteiger partial charge in [0.25, 0.3) is 0 Å². The molecule has 2 fully saturated rings. The van der Waals surface area contributed by atoms with Gasteiger partial charge in [-0.2, -0.15) is 5.10 Å². The van der Waals surface area contributed by atoms with Gasteiger partial charge in [0.2, 0.25) is 0 Å². The highest BCUT2D eigenvalue weighted by atomic mass is 15.3. The van der Waals surface area contributed by atoms with Crippen LogP contribution >= 0.6 is 0 Å². The fourth-order valence-electron chi connectivity index (χ4n) is 4.83. The van der Waals surface area contributed by atoms with Crippen molar-refractivity contribution >= 4 is 11.0 Å². The average Bonchev–Trinajstić information content (AvgIpc) is 3.05. The number of fused-ring (bicyclic) bond motifs is 1. The van der Waals surface area contributed by atoms with E-state index in [2.05, 4.69) is 21.0 Å². The standard InChI is InChI=1S/C20H23N5/c21-6-5-14-7-20(8-14)9-16(10-20)25-13-15(11-23-25)19-12-22-17-3-1-2-4-18(17)24-19/h1-4,11-14,16H,5-10,21H2. The van der Waals surface area contributed by atoms with Crippen LogP contribution in [-0.2, 0) is 0 Å². The highest BCUT2D eigenvalue weighted by molar-refractivity contribution is 5.76. The zero-order valence-electron chi connectivity index (χ0n) is 14.3. The van der Waals surface area contributed by atoms with Crippen molar-refractivity contribution in [2.24, 2.45) is 17.1 Å². The molecule has 3 aromatic rings. The number of aromatic nitrogens is 4. The molecule has 1 spiro atoms. The van der Waals surface area contributed by atoms with E-state index in [1.165, 1.54) is 32.1 Å². The fourth-order valence-corrected chi connectivity index (χ4v) is 4.83. The van der Waals surface area contributed by atoms with Crippen LogP contribution in [-0.4, -0.2) is 26.3 Å². The van der Waals surface area contributed by atoms with Gasteiger partial charge in [0.1, 0.15) is 0 Å². The summed E-state index contributed by atoms with van der Waals surface area (Å²) in [5.41, 5.74) is 10.1. The Hall–Kier alpha value is -2.27. The third-order valence-corrected chi connectivity index (χ3v) is 6.08. The van der Waals surface area contributed by atoms with Crippen LogP contribution in [0.3, 0.4) is 0 Å². The van der Waals surface area contributed by atoms with E-state index in [9.17, 15) is 0 Å². The number of nitrogens with two attached hydrogens (primary N) is 1. The molecule has 0 aliphatic heterocycles. The van der Waals surface area contributed by atoms with Gasteiger partial charge in [-0.3, -0.25) is 9.67 Å². The van der Waals surface area contributed by atoms with Gasteiger partial charge in [0, 0.05) is 11.8 Å². The topological polar surface area (TPSA) is 69.6 Å². The summed E-state index contributed by atoms with van der Waals surface area (Å²) in [6.07, 6.45) is 12.3. The average molecular weight is 333 g/mol. The molecule has 0 amide bonds. The Labute approximate surface area is 147 Å². The molecule has 2 aliphatic carbocycles. The van der Waals surface area contributed by atoms with E-state index < -0.39 is 0 Å². The van der Waals surface area contributed by atoms with E-state index in [1.807, 2.05) is 36.7 Å². The van der Waals surface area contributed by atoms with E-state index >= 15 is 0 Å². The quantitative estimate of drug-likeness (QED) is 0.792. The molecule has 5 heteroatoms. The summed E-state index contributed by atoms with van der Waals surface area (Å²) in [6.45, 7) is 0.833. The Morgan fingerprint density at radius 2 is 1.88 bits per heavy atom. The van der Waals surface area contributed by atoms with Gasteiger partial charge < -0.3 is 5.73 Å². The van der Waals surface area contributed by atoms with Crippen LogP contribution in [0.4, 0.5) is 0 Å². The van der Waals surface area contributed by atoms with Crippen molar-refractivity contribution in [2.45, 2.75) is 38.1 Å². The van der Waals surface area contributed by atoms with Crippen LogP contribution in [0.5, 0.6) is 0 Å². The summed E-state index contributed by atoms with van der Waals surface area (Å²) in [5.74, 6) is 0.868. The van der Waals surface area contributed by atoms with Crippen LogP contribution in [0, 0.1) is 11.3 Å². The zero-order chi connectivity index (χ0) is 16.9. The minimum absolute atomic E-state index is 0.543. The van der Waals surface area contributed by atoms with Gasteiger partial charge in [-0.25, -0.2) is 4.98 Å². The van der Waals surface area contributed by atoms with Crippen LogP contribution in [0.1, 0.15) is 38.1 Å². The third-order valence-electron chi connectivity index (χ3n) is 6.08. The van der Waals surface area contributed by atoms with Gasteiger partial charge in [-0.15, -0.1) is 0 Å². The summed E-state index contributed by atoms with van der Waals surface area (Å²) in [5, 5.41) is 4.60. The van der Waals surface area contributed by atoms with Gasteiger partial charge in [-0.1, -0.05) is 12.1 Å². The Kier molecular flexibility index (Phi) is 3.38. The van der Waals surface area contributed by atoms with E-state index in [4.69, 9.17) is 10.7 Å². The highest BCUT2D eigenvalue weighted by Gasteiger charge is 2.53. The molecule has 0 atom stereocenters. The van der Waals surface area contributed by atoms with Crippen molar-refractivity contribution in [1.29, 1.82) is 0 Å². The van der Waals surface area contributed by atoms with E-state index in [1.54, 1.807) is 0 Å². The Morgan fingerprint density at radius 1 is 1.08 bits per heavy atom. The Morgan fingerprint density at radius 3 is 2.68 bits per heavy atom. The summed E-state index contributed by atoms with van der Waals surface area (Å²) < 4.78 is 2.13. The van der Waals surface area contributed by atoms with Crippen molar-refractivity contribution in [3.05, 3.63) is 42.9 Å². The molecule has 5 nitrogen and oxygen atoms in total. The second-order valence-electron chi connectivity index (χ2n) is 7.87. The summed E-state index contributed by atoms with van der Waals surface area (Å²) in [4.78, 5) is 9.23. The lowest BCUT2D eigenvalue weighted by Crippen LogP contribution is -2.48. The van der Waals surface area contributed by atoms with Crippen molar-refractivity contribution in [1.82, 2.24) is 19.7 Å². The normalized spacial score (nSPS) is 28.0. The molecule has 2 aliphatic rings. The van der Waals surface area contributed by atoms with Gasteiger partial charge in [-0.05, 0) is 62.1 Å². The molecule has 2 heterocycles. The smallest absolute Gasteiger partial charge is 0.0924 e. The van der Waals surface area contributed by atoms with Crippen molar-refractivity contribution < 1.29 is 0 Å². The van der Waals surface area contributed by atoms with Crippen LogP contribution in [0.25, 0.3) is 22.3 Å². The van der Waals surface area contributed by atoms with Crippen molar-refractivity contribution in [3.8, 4) is 11.3 Å². The van der Waals surface area contributed by atoms with Crippen LogP contribution in [0.2, 0.25) is 0 Å². The molecule has 5 rings (SSSR count). The predicted octanol–water partition coefficient (Wildman–Crippen LogP) is 3.57. The number of rotatable bonds is 4. The molecule has 0 unspecified atom stereocenters. The summed E-state index contributed by atoms with van der Waals surface area (Å²) in [6, 6.07) is 8.51. The molecule has 2 N–H and O–H groups in total. The van der Waals surface area contributed by atoms with Crippen LogP contribution in [0.15, 0.2) is 42.9 Å². The maximum absolute atomic E-state index is 5.67. The Bertz CT molecular complexity index is 901. The molecule has 2 saturated carbocycles. The van der Waals surface area contributed by atoms with E-state index in [0.29, 0.717) is 11.5 Å². The summed E-state index contributed by atoms with van der Waals surface area (Å²) >= 11 is 0. The summed E-state index contributed by atoms with van der Waals surface area (Å²) in [7, 11) is 0. The number of benzene rings is 1. The first kappa shape index (κ1) is 15.0. The highest BCUT2D eigenvalue weighted by Crippen LogP contribution is 2.63. The maximum Gasteiger partial charge on any atom is 0.0924 e. The van der Waals surface area contributed by atoms with Crippen molar-refractivity contribution in [3.63, 3.8) is 0 Å². The first-order valence-corrected chi connectivity index (χ1v) is 9.21. The van der Waals surface area contributed by atoms with Gasteiger partial charge >= 0.3 is 0 Å². The Balaban J connectivity index is 1.29. The third kappa shape index (κ3) is 2.54. The molecule has 2 aromatic heterocycles.